The zero-order chi connectivity index (χ0) is 8.32. The van der Waals surface area contributed by atoms with Crippen molar-refractivity contribution in [3.8, 4) is 0 Å². The molecule has 1 aliphatic carbocycles. The van der Waals surface area contributed by atoms with E-state index in [2.05, 4.69) is 45.3 Å². The highest BCUT2D eigenvalue weighted by atomic mass is 15.3. The number of allylic oxidation sites excluding steroid dienone is 2. The molecule has 0 N–H and O–H groups in total. The Morgan fingerprint density at radius 3 is 2.18 bits per heavy atom. The lowest BCUT2D eigenvalue weighted by Gasteiger charge is -2.29. The summed E-state index contributed by atoms with van der Waals surface area (Å²) in [6.45, 7) is 4.67. The van der Waals surface area contributed by atoms with Gasteiger partial charge in [0.2, 0.25) is 0 Å². The molecule has 0 heterocycles. The van der Waals surface area contributed by atoms with Crippen LogP contribution >= 0.6 is 0 Å². The molecule has 11 heavy (non-hydrogen) atoms. The molecule has 1 nitrogen and oxygen atoms in total. The van der Waals surface area contributed by atoms with Crippen molar-refractivity contribution in [1.29, 1.82) is 0 Å². The quantitative estimate of drug-likeness (QED) is 0.541. The van der Waals surface area contributed by atoms with Gasteiger partial charge in [-0.25, -0.2) is 0 Å². The van der Waals surface area contributed by atoms with Gasteiger partial charge in [0.05, 0.1) is 27.2 Å². The second-order valence-corrected chi connectivity index (χ2v) is 3.87. The van der Waals surface area contributed by atoms with Crippen LogP contribution < -0.4 is 0 Å². The van der Waals surface area contributed by atoms with E-state index in [-0.39, 0.29) is 0 Å². The monoisotopic (exact) mass is 152 g/mol. The highest BCUT2D eigenvalue weighted by Gasteiger charge is 2.17. The van der Waals surface area contributed by atoms with Gasteiger partial charge in [-0.05, 0) is 6.92 Å². The molecule has 62 valence electrons. The molecule has 0 fully saturated rings. The van der Waals surface area contributed by atoms with Crippen molar-refractivity contribution in [2.45, 2.75) is 6.92 Å². The van der Waals surface area contributed by atoms with Gasteiger partial charge in [-0.1, -0.05) is 24.3 Å². The van der Waals surface area contributed by atoms with Crippen LogP contribution in [0.1, 0.15) is 6.92 Å². The van der Waals surface area contributed by atoms with Crippen molar-refractivity contribution in [1.82, 2.24) is 0 Å². The van der Waals surface area contributed by atoms with Crippen LogP contribution in [-0.2, 0) is 0 Å². The molecule has 0 saturated carbocycles. The second-order valence-electron chi connectivity index (χ2n) is 3.87. The van der Waals surface area contributed by atoms with Gasteiger partial charge in [0.1, 0.15) is 0 Å². The molecule has 0 aromatic rings. The fourth-order valence-electron chi connectivity index (χ4n) is 1.30. The molecule has 1 heteroatoms. The lowest BCUT2D eigenvalue weighted by molar-refractivity contribution is -0.890. The lowest BCUT2D eigenvalue weighted by atomic mass is 10.1. The summed E-state index contributed by atoms with van der Waals surface area (Å²) in [5.41, 5.74) is 0. The van der Waals surface area contributed by atoms with E-state index >= 15 is 0 Å². The van der Waals surface area contributed by atoms with Crippen LogP contribution in [0, 0.1) is 5.92 Å². The summed E-state index contributed by atoms with van der Waals surface area (Å²) in [4.78, 5) is 0. The van der Waals surface area contributed by atoms with Gasteiger partial charge in [0, 0.05) is 5.92 Å². The smallest absolute Gasteiger partial charge is 0.0881 e. The number of quaternary nitrogens is 1. The normalized spacial score (nSPS) is 18.1. The average Bonchev–Trinajstić information content (AvgIpc) is 2.39. The zero-order valence-corrected chi connectivity index (χ0v) is 7.75. The van der Waals surface area contributed by atoms with E-state index in [0.717, 1.165) is 4.48 Å². The molecule has 0 bridgehead atoms. The van der Waals surface area contributed by atoms with Crippen LogP contribution in [0.3, 0.4) is 0 Å². The number of hydrogen-bond donors (Lipinski definition) is 0. The predicted octanol–water partition coefficient (Wildman–Crippen LogP) is 1.82. The van der Waals surface area contributed by atoms with Crippen LogP contribution in [-0.4, -0.2) is 31.7 Å². The third-order valence-corrected chi connectivity index (χ3v) is 2.39. The van der Waals surface area contributed by atoms with Gasteiger partial charge in [0.25, 0.3) is 0 Å². The summed E-state index contributed by atoms with van der Waals surface area (Å²) in [5.74, 6) is 0.671. The van der Waals surface area contributed by atoms with E-state index in [1.807, 2.05) is 0 Å². The van der Waals surface area contributed by atoms with E-state index in [0.29, 0.717) is 5.92 Å². The maximum Gasteiger partial charge on any atom is 0.0881 e. The minimum Gasteiger partial charge on any atom is -0.328 e. The molecule has 0 amide bonds. The summed E-state index contributed by atoms with van der Waals surface area (Å²) in [7, 11) is 4.56. The molecule has 0 aliphatic heterocycles. The predicted molar refractivity (Wildman–Crippen MR) is 49.3 cm³/mol. The molecular weight excluding hydrogens is 134 g/mol. The minimum absolute atomic E-state index is 0.671. The molecule has 0 atom stereocenters. The van der Waals surface area contributed by atoms with Gasteiger partial charge in [-0.2, -0.15) is 0 Å². The van der Waals surface area contributed by atoms with Gasteiger partial charge in [-0.15, -0.1) is 0 Å². The highest BCUT2D eigenvalue weighted by molar-refractivity contribution is 5.17. The molecular formula is C10H18N+. The van der Waals surface area contributed by atoms with Gasteiger partial charge in [-0.3, -0.25) is 0 Å². The lowest BCUT2D eigenvalue weighted by Crippen LogP contribution is -2.42. The maximum atomic E-state index is 2.28. The third-order valence-electron chi connectivity index (χ3n) is 2.39. The van der Waals surface area contributed by atoms with Gasteiger partial charge < -0.3 is 4.48 Å². The Balaban J connectivity index is 2.41. The first-order valence-corrected chi connectivity index (χ1v) is 4.31. The fraction of sp³-hybridized carbons (Fsp3) is 0.600. The van der Waals surface area contributed by atoms with Gasteiger partial charge >= 0.3 is 0 Å². The Morgan fingerprint density at radius 2 is 1.73 bits per heavy atom. The Bertz CT molecular complexity index is 165. The highest BCUT2D eigenvalue weighted by Crippen LogP contribution is 2.12. The number of hydrogen-bond acceptors (Lipinski definition) is 0. The topological polar surface area (TPSA) is 0 Å². The minimum atomic E-state index is 0.671. The Morgan fingerprint density at radius 1 is 1.18 bits per heavy atom. The molecule has 1 rings (SSSR count). The molecule has 0 spiro atoms. The van der Waals surface area contributed by atoms with Crippen LogP contribution in [0.15, 0.2) is 24.3 Å². The third kappa shape index (κ3) is 2.51. The van der Waals surface area contributed by atoms with Crippen molar-refractivity contribution in [2.75, 3.05) is 27.2 Å². The average molecular weight is 152 g/mol. The van der Waals surface area contributed by atoms with E-state index in [9.17, 15) is 0 Å². The molecule has 1 aliphatic rings. The van der Waals surface area contributed by atoms with Crippen molar-refractivity contribution < 1.29 is 4.48 Å². The summed E-state index contributed by atoms with van der Waals surface area (Å²) in [6.07, 6.45) is 8.83. The van der Waals surface area contributed by atoms with Crippen LogP contribution in [0.25, 0.3) is 0 Å². The van der Waals surface area contributed by atoms with Gasteiger partial charge in [0.15, 0.2) is 0 Å². The Kier molecular flexibility index (Phi) is 2.50. The summed E-state index contributed by atoms with van der Waals surface area (Å²) < 4.78 is 1.11. The summed E-state index contributed by atoms with van der Waals surface area (Å²) >= 11 is 0. The van der Waals surface area contributed by atoms with E-state index in [4.69, 9.17) is 0 Å². The zero-order valence-electron chi connectivity index (χ0n) is 7.75. The van der Waals surface area contributed by atoms with Crippen molar-refractivity contribution in [3.05, 3.63) is 24.3 Å². The Labute approximate surface area is 69.6 Å². The Hall–Kier alpha value is -0.560. The standard InChI is InChI=1S/C10H18N/c1-4-11(2,3)9-10-7-5-6-8-10/h5-8,10H,4,9H2,1-3H3/q+1. The fourth-order valence-corrected chi connectivity index (χ4v) is 1.30. The first-order chi connectivity index (χ1) is 5.14. The first kappa shape index (κ1) is 8.54. The van der Waals surface area contributed by atoms with E-state index in [1.165, 1.54) is 13.1 Å². The summed E-state index contributed by atoms with van der Waals surface area (Å²) in [5, 5.41) is 0. The maximum absolute atomic E-state index is 2.28. The molecule has 0 saturated heterocycles. The second kappa shape index (κ2) is 3.22. The van der Waals surface area contributed by atoms with Crippen LogP contribution in [0.4, 0.5) is 0 Å². The first-order valence-electron chi connectivity index (χ1n) is 4.31. The number of nitrogens with zero attached hydrogens (tertiary/aromatic N) is 1. The van der Waals surface area contributed by atoms with Crippen molar-refractivity contribution in [2.24, 2.45) is 5.92 Å². The van der Waals surface area contributed by atoms with Crippen LogP contribution in [0.2, 0.25) is 0 Å². The van der Waals surface area contributed by atoms with Crippen molar-refractivity contribution in [3.63, 3.8) is 0 Å². The largest absolute Gasteiger partial charge is 0.328 e. The van der Waals surface area contributed by atoms with E-state index < -0.39 is 0 Å². The molecule has 0 aromatic carbocycles. The van der Waals surface area contributed by atoms with Crippen molar-refractivity contribution >= 4 is 0 Å². The SMILES string of the molecule is CC[N+](C)(C)CC1C=CC=C1. The molecule has 0 unspecified atom stereocenters. The number of rotatable bonds is 3. The van der Waals surface area contributed by atoms with E-state index in [1.54, 1.807) is 0 Å². The molecule has 0 aromatic heterocycles. The molecule has 0 radical (unpaired) electrons. The summed E-state index contributed by atoms with van der Waals surface area (Å²) in [6, 6.07) is 0. The van der Waals surface area contributed by atoms with Crippen LogP contribution in [0.5, 0.6) is 0 Å².